The molecule has 0 aromatic heterocycles. The number of hydrogen-bond acceptors (Lipinski definition) is 4. The second kappa shape index (κ2) is 9.28. The first-order valence-corrected chi connectivity index (χ1v) is 8.45. The number of rotatable bonds is 6. The summed E-state index contributed by atoms with van der Waals surface area (Å²) < 4.78 is 11.2. The Bertz CT molecular complexity index is 510. The van der Waals surface area contributed by atoms with Crippen LogP contribution in [0.5, 0.6) is 5.75 Å². The molecule has 0 heterocycles. The van der Waals surface area contributed by atoms with Gasteiger partial charge in [0.15, 0.2) is 0 Å². The highest BCUT2D eigenvalue weighted by Crippen LogP contribution is 2.43. The fraction of sp³-hybridized carbons (Fsp3) is 0.632. The van der Waals surface area contributed by atoms with Crippen molar-refractivity contribution in [1.82, 2.24) is 4.90 Å². The number of likely N-dealkylation sites (N-methyl/N-ethyl adjacent to an activating group) is 1. The lowest BCUT2D eigenvalue weighted by molar-refractivity contribution is -0.164. The van der Waals surface area contributed by atoms with Crippen LogP contribution in [0.3, 0.4) is 0 Å². The standard InChI is InChI=1S/C19H29NO3.ClH/c1-15(21)23-19(12-6-5-7-13-19)18(14-20(2)3)16-8-10-17(22-4)11-9-16;/h8-11,18H,5-7,12-14H2,1-4H3;1H. The van der Waals surface area contributed by atoms with E-state index in [0.29, 0.717) is 0 Å². The van der Waals surface area contributed by atoms with Crippen molar-refractivity contribution in [3.05, 3.63) is 29.8 Å². The van der Waals surface area contributed by atoms with Gasteiger partial charge >= 0.3 is 5.97 Å². The van der Waals surface area contributed by atoms with Gasteiger partial charge in [-0.25, -0.2) is 0 Å². The van der Waals surface area contributed by atoms with E-state index in [-0.39, 0.29) is 29.9 Å². The molecular formula is C19H30ClNO3. The molecule has 1 unspecified atom stereocenters. The first-order chi connectivity index (χ1) is 11.0. The molecule has 0 N–H and O–H groups in total. The van der Waals surface area contributed by atoms with Crippen LogP contribution < -0.4 is 4.74 Å². The minimum Gasteiger partial charge on any atom is -0.497 e. The van der Waals surface area contributed by atoms with E-state index in [4.69, 9.17) is 9.47 Å². The Kier molecular flexibility index (Phi) is 8.04. The van der Waals surface area contributed by atoms with E-state index in [1.807, 2.05) is 12.1 Å². The van der Waals surface area contributed by atoms with Crippen molar-refractivity contribution >= 4 is 18.4 Å². The summed E-state index contributed by atoms with van der Waals surface area (Å²) in [6.45, 7) is 2.39. The molecule has 1 fully saturated rings. The third-order valence-electron chi connectivity index (χ3n) is 4.75. The van der Waals surface area contributed by atoms with Crippen LogP contribution in [-0.4, -0.2) is 44.2 Å². The van der Waals surface area contributed by atoms with Crippen LogP contribution >= 0.6 is 12.4 Å². The van der Waals surface area contributed by atoms with Crippen molar-refractivity contribution in [2.75, 3.05) is 27.7 Å². The molecular weight excluding hydrogens is 326 g/mol. The molecule has 0 aliphatic heterocycles. The molecule has 1 atom stereocenters. The number of methoxy groups -OCH3 is 1. The quantitative estimate of drug-likeness (QED) is 0.722. The second-order valence-electron chi connectivity index (χ2n) is 6.81. The van der Waals surface area contributed by atoms with Crippen LogP contribution in [0.25, 0.3) is 0 Å². The van der Waals surface area contributed by atoms with Crippen molar-refractivity contribution in [2.24, 2.45) is 0 Å². The Morgan fingerprint density at radius 3 is 2.21 bits per heavy atom. The number of carbonyl (C=O) groups excluding carboxylic acids is 1. The lowest BCUT2D eigenvalue weighted by atomic mass is 9.72. The summed E-state index contributed by atoms with van der Waals surface area (Å²) in [5, 5.41) is 0. The molecule has 0 saturated heterocycles. The Hall–Kier alpha value is -1.26. The minimum atomic E-state index is -0.386. The van der Waals surface area contributed by atoms with Crippen LogP contribution in [-0.2, 0) is 9.53 Å². The summed E-state index contributed by atoms with van der Waals surface area (Å²) in [4.78, 5) is 14.0. The molecule has 1 aliphatic carbocycles. The van der Waals surface area contributed by atoms with Gasteiger partial charge in [-0.15, -0.1) is 12.4 Å². The summed E-state index contributed by atoms with van der Waals surface area (Å²) in [7, 11) is 5.81. The van der Waals surface area contributed by atoms with Gasteiger partial charge in [0.25, 0.3) is 0 Å². The van der Waals surface area contributed by atoms with E-state index in [1.165, 1.54) is 18.9 Å². The fourth-order valence-electron chi connectivity index (χ4n) is 3.74. The molecule has 5 heteroatoms. The maximum Gasteiger partial charge on any atom is 0.303 e. The zero-order chi connectivity index (χ0) is 16.9. The normalized spacial score (nSPS) is 17.7. The van der Waals surface area contributed by atoms with E-state index < -0.39 is 0 Å². The van der Waals surface area contributed by atoms with Crippen LogP contribution in [0.1, 0.15) is 50.5 Å². The average Bonchev–Trinajstić information content (AvgIpc) is 2.53. The summed E-state index contributed by atoms with van der Waals surface area (Å²) in [5.41, 5.74) is 0.825. The van der Waals surface area contributed by atoms with Gasteiger partial charge < -0.3 is 14.4 Å². The van der Waals surface area contributed by atoms with E-state index in [1.54, 1.807) is 7.11 Å². The molecule has 0 spiro atoms. The molecule has 0 radical (unpaired) electrons. The average molecular weight is 356 g/mol. The number of carbonyl (C=O) groups is 1. The Labute approximate surface area is 151 Å². The van der Waals surface area contributed by atoms with Crippen LogP contribution in [0.2, 0.25) is 0 Å². The molecule has 1 aliphatic rings. The molecule has 1 aromatic rings. The van der Waals surface area contributed by atoms with E-state index in [2.05, 4.69) is 31.1 Å². The lowest BCUT2D eigenvalue weighted by Crippen LogP contribution is -2.46. The minimum absolute atomic E-state index is 0. The Morgan fingerprint density at radius 1 is 1.17 bits per heavy atom. The van der Waals surface area contributed by atoms with Crippen LogP contribution in [0, 0.1) is 0 Å². The maximum absolute atomic E-state index is 11.8. The smallest absolute Gasteiger partial charge is 0.303 e. The number of ether oxygens (including phenoxy) is 2. The predicted octanol–water partition coefficient (Wildman–Crippen LogP) is 4.03. The lowest BCUT2D eigenvalue weighted by Gasteiger charge is -2.44. The summed E-state index contributed by atoms with van der Waals surface area (Å²) in [5.74, 6) is 0.847. The van der Waals surface area contributed by atoms with Gasteiger partial charge in [0.1, 0.15) is 11.4 Å². The van der Waals surface area contributed by atoms with Crippen LogP contribution in [0.4, 0.5) is 0 Å². The molecule has 24 heavy (non-hydrogen) atoms. The Balaban J connectivity index is 0.00000288. The Morgan fingerprint density at radius 2 is 1.75 bits per heavy atom. The molecule has 1 saturated carbocycles. The highest BCUT2D eigenvalue weighted by atomic mass is 35.5. The number of hydrogen-bond donors (Lipinski definition) is 0. The maximum atomic E-state index is 11.8. The molecule has 0 amide bonds. The van der Waals surface area contributed by atoms with Gasteiger partial charge in [0.05, 0.1) is 7.11 Å². The van der Waals surface area contributed by atoms with Gasteiger partial charge in [-0.2, -0.15) is 0 Å². The highest BCUT2D eigenvalue weighted by Gasteiger charge is 2.43. The second-order valence-corrected chi connectivity index (χ2v) is 6.81. The van der Waals surface area contributed by atoms with Crippen molar-refractivity contribution in [2.45, 2.75) is 50.5 Å². The SMILES string of the molecule is COc1ccc(C(CN(C)C)C2(OC(C)=O)CCCCC2)cc1.Cl. The number of esters is 1. The molecule has 1 aromatic carbocycles. The van der Waals surface area contributed by atoms with Gasteiger partial charge in [0.2, 0.25) is 0 Å². The molecule has 4 nitrogen and oxygen atoms in total. The summed E-state index contributed by atoms with van der Waals surface area (Å²) >= 11 is 0. The first kappa shape index (κ1) is 20.8. The van der Waals surface area contributed by atoms with E-state index in [0.717, 1.165) is 38.0 Å². The van der Waals surface area contributed by atoms with Gasteiger partial charge in [-0.3, -0.25) is 4.79 Å². The largest absolute Gasteiger partial charge is 0.497 e. The van der Waals surface area contributed by atoms with Gasteiger partial charge in [-0.1, -0.05) is 18.6 Å². The fourth-order valence-corrected chi connectivity index (χ4v) is 3.74. The topological polar surface area (TPSA) is 38.8 Å². The van der Waals surface area contributed by atoms with Crippen molar-refractivity contribution < 1.29 is 14.3 Å². The number of benzene rings is 1. The van der Waals surface area contributed by atoms with Gasteiger partial charge in [-0.05, 0) is 57.5 Å². The van der Waals surface area contributed by atoms with Crippen molar-refractivity contribution in [3.63, 3.8) is 0 Å². The monoisotopic (exact) mass is 355 g/mol. The van der Waals surface area contributed by atoms with E-state index >= 15 is 0 Å². The third kappa shape index (κ3) is 5.12. The first-order valence-electron chi connectivity index (χ1n) is 8.45. The summed E-state index contributed by atoms with van der Waals surface area (Å²) in [6.07, 6.45) is 5.34. The van der Waals surface area contributed by atoms with E-state index in [9.17, 15) is 4.79 Å². The molecule has 0 bridgehead atoms. The zero-order valence-electron chi connectivity index (χ0n) is 15.2. The third-order valence-corrected chi connectivity index (χ3v) is 4.75. The highest BCUT2D eigenvalue weighted by molar-refractivity contribution is 5.85. The van der Waals surface area contributed by atoms with Crippen LogP contribution in [0.15, 0.2) is 24.3 Å². The van der Waals surface area contributed by atoms with Gasteiger partial charge in [0, 0.05) is 19.4 Å². The molecule has 2 rings (SSSR count). The summed E-state index contributed by atoms with van der Waals surface area (Å²) in [6, 6.07) is 8.18. The number of halogens is 1. The van der Waals surface area contributed by atoms with Crippen molar-refractivity contribution in [1.29, 1.82) is 0 Å². The predicted molar refractivity (Wildman–Crippen MR) is 99.1 cm³/mol. The zero-order valence-corrected chi connectivity index (χ0v) is 16.0. The molecule has 136 valence electrons. The number of nitrogens with zero attached hydrogens (tertiary/aromatic N) is 1. The van der Waals surface area contributed by atoms with Crippen molar-refractivity contribution in [3.8, 4) is 5.75 Å².